The van der Waals surface area contributed by atoms with Crippen molar-refractivity contribution in [1.82, 2.24) is 14.3 Å². The molecule has 0 unspecified atom stereocenters. The number of alkyl halides is 3. The SMILES string of the molecule is CC(C)(C)Cn1cc(CNS(=O)(=O)C2CC2)c2cc(F)c(-c3ccc(N)nc3C(F)(F)F)cc21. The van der Waals surface area contributed by atoms with Gasteiger partial charge in [-0.2, -0.15) is 13.2 Å². The Bertz CT molecular complexity index is 1350. The third-order valence-corrected chi connectivity index (χ3v) is 7.50. The zero-order valence-corrected chi connectivity index (χ0v) is 19.8. The molecular weight excluding hydrogens is 472 g/mol. The van der Waals surface area contributed by atoms with Gasteiger partial charge in [0.1, 0.15) is 11.6 Å². The van der Waals surface area contributed by atoms with E-state index in [4.69, 9.17) is 5.73 Å². The molecule has 0 radical (unpaired) electrons. The number of halogens is 4. The molecular formula is C23H26F4N4O2S. The van der Waals surface area contributed by atoms with Crippen LogP contribution in [-0.2, 0) is 29.3 Å². The standard InChI is InChI=1S/C23H26F4N4O2S/c1-22(2,3)12-31-11-13(10-29-34(32,33)14-4-5-14)16-8-18(24)17(9-19(16)31)15-6-7-20(28)30-21(15)23(25,26)27/h6-9,11,14,29H,4-5,10,12H2,1-3H3,(H2,28,30). The predicted octanol–water partition coefficient (Wildman–Crippen LogP) is 5.07. The van der Waals surface area contributed by atoms with Crippen molar-refractivity contribution in [2.24, 2.45) is 5.41 Å². The fraction of sp³-hybridized carbons (Fsp3) is 0.435. The summed E-state index contributed by atoms with van der Waals surface area (Å²) in [6.45, 7) is 6.41. The van der Waals surface area contributed by atoms with Crippen LogP contribution in [0, 0.1) is 11.2 Å². The molecule has 0 amide bonds. The lowest BCUT2D eigenvalue weighted by atomic mass is 9.96. The van der Waals surface area contributed by atoms with Gasteiger partial charge in [0.15, 0.2) is 5.69 Å². The molecule has 1 saturated carbocycles. The number of nitrogens with one attached hydrogen (secondary N) is 1. The zero-order chi connectivity index (χ0) is 25.1. The maximum atomic E-state index is 15.2. The molecule has 34 heavy (non-hydrogen) atoms. The Kier molecular flexibility index (Phi) is 5.92. The monoisotopic (exact) mass is 498 g/mol. The summed E-state index contributed by atoms with van der Waals surface area (Å²) in [7, 11) is -3.47. The molecule has 184 valence electrons. The van der Waals surface area contributed by atoms with E-state index in [2.05, 4.69) is 9.71 Å². The highest BCUT2D eigenvalue weighted by atomic mass is 32.2. The van der Waals surface area contributed by atoms with Crippen LogP contribution in [-0.4, -0.2) is 23.2 Å². The maximum absolute atomic E-state index is 15.2. The number of pyridine rings is 1. The molecule has 2 heterocycles. The molecule has 0 aliphatic heterocycles. The summed E-state index contributed by atoms with van der Waals surface area (Å²) in [5, 5.41) is 0.0264. The van der Waals surface area contributed by atoms with Crippen molar-refractivity contribution in [3.05, 3.63) is 47.5 Å². The molecule has 11 heteroatoms. The molecule has 0 spiro atoms. The number of hydrogen-bond acceptors (Lipinski definition) is 4. The molecule has 6 nitrogen and oxygen atoms in total. The largest absolute Gasteiger partial charge is 0.434 e. The number of nitrogens with zero attached hydrogens (tertiary/aromatic N) is 2. The van der Waals surface area contributed by atoms with Crippen LogP contribution in [0.25, 0.3) is 22.0 Å². The van der Waals surface area contributed by atoms with Gasteiger partial charge in [0.2, 0.25) is 10.0 Å². The first kappa shape index (κ1) is 24.5. The summed E-state index contributed by atoms with van der Waals surface area (Å²) in [5.74, 6) is -1.19. The number of nitrogens with two attached hydrogens (primary N) is 1. The quantitative estimate of drug-likeness (QED) is 0.465. The zero-order valence-electron chi connectivity index (χ0n) is 19.0. The van der Waals surface area contributed by atoms with Crippen LogP contribution < -0.4 is 10.5 Å². The topological polar surface area (TPSA) is 90.0 Å². The van der Waals surface area contributed by atoms with Gasteiger partial charge in [0.05, 0.1) is 5.25 Å². The van der Waals surface area contributed by atoms with E-state index in [1.165, 1.54) is 12.1 Å². The van der Waals surface area contributed by atoms with E-state index in [9.17, 15) is 21.6 Å². The summed E-state index contributed by atoms with van der Waals surface area (Å²) in [6.07, 6.45) is -1.89. The van der Waals surface area contributed by atoms with Crippen LogP contribution in [0.15, 0.2) is 30.5 Å². The van der Waals surface area contributed by atoms with E-state index < -0.39 is 38.5 Å². The predicted molar refractivity (Wildman–Crippen MR) is 123 cm³/mol. The van der Waals surface area contributed by atoms with Crippen molar-refractivity contribution < 1.29 is 26.0 Å². The highest BCUT2D eigenvalue weighted by Gasteiger charge is 2.37. The third-order valence-electron chi connectivity index (χ3n) is 5.60. The third kappa shape index (κ3) is 5.05. The van der Waals surface area contributed by atoms with Crippen LogP contribution in [0.5, 0.6) is 0 Å². The Morgan fingerprint density at radius 3 is 2.41 bits per heavy atom. The summed E-state index contributed by atoms with van der Waals surface area (Å²) >= 11 is 0. The molecule has 1 aliphatic rings. The lowest BCUT2D eigenvalue weighted by molar-refractivity contribution is -0.140. The first-order valence-electron chi connectivity index (χ1n) is 10.8. The number of anilines is 1. The average Bonchev–Trinajstić information content (AvgIpc) is 3.51. The van der Waals surface area contributed by atoms with E-state index in [-0.39, 0.29) is 23.3 Å². The molecule has 1 aliphatic carbocycles. The van der Waals surface area contributed by atoms with Crippen molar-refractivity contribution in [1.29, 1.82) is 0 Å². The Morgan fingerprint density at radius 2 is 1.82 bits per heavy atom. The summed E-state index contributed by atoms with van der Waals surface area (Å²) < 4.78 is 85.1. The minimum Gasteiger partial charge on any atom is -0.384 e. The Hall–Kier alpha value is -2.66. The second-order valence-corrected chi connectivity index (χ2v) is 11.9. The molecule has 2 aromatic heterocycles. The van der Waals surface area contributed by atoms with Crippen molar-refractivity contribution in [3.8, 4) is 11.1 Å². The van der Waals surface area contributed by atoms with Gasteiger partial charge in [-0.05, 0) is 48.1 Å². The molecule has 3 N–H and O–H groups in total. The van der Waals surface area contributed by atoms with Gasteiger partial charge in [0.25, 0.3) is 0 Å². The summed E-state index contributed by atoms with van der Waals surface area (Å²) in [6, 6.07) is 4.82. The van der Waals surface area contributed by atoms with Gasteiger partial charge in [-0.25, -0.2) is 22.5 Å². The minimum atomic E-state index is -4.83. The minimum absolute atomic E-state index is 0.0392. The van der Waals surface area contributed by atoms with E-state index >= 15 is 4.39 Å². The van der Waals surface area contributed by atoms with Gasteiger partial charge in [0, 0.05) is 41.3 Å². The molecule has 0 bridgehead atoms. The van der Waals surface area contributed by atoms with Crippen LogP contribution >= 0.6 is 0 Å². The van der Waals surface area contributed by atoms with Crippen molar-refractivity contribution in [2.75, 3.05) is 5.73 Å². The maximum Gasteiger partial charge on any atom is 0.434 e. The van der Waals surface area contributed by atoms with Crippen LogP contribution in [0.2, 0.25) is 0 Å². The molecule has 1 fully saturated rings. The second-order valence-electron chi connectivity index (χ2n) is 9.89. The van der Waals surface area contributed by atoms with Gasteiger partial charge in [-0.3, -0.25) is 0 Å². The fourth-order valence-corrected chi connectivity index (χ4v) is 5.30. The number of benzene rings is 1. The highest BCUT2D eigenvalue weighted by molar-refractivity contribution is 7.90. The smallest absolute Gasteiger partial charge is 0.384 e. The number of hydrogen-bond donors (Lipinski definition) is 2. The van der Waals surface area contributed by atoms with Gasteiger partial charge in [-0.15, -0.1) is 0 Å². The van der Waals surface area contributed by atoms with Crippen LogP contribution in [0.4, 0.5) is 23.4 Å². The number of fused-ring (bicyclic) bond motifs is 1. The highest BCUT2D eigenvalue weighted by Crippen LogP contribution is 2.39. The van der Waals surface area contributed by atoms with Gasteiger partial charge >= 0.3 is 6.18 Å². The Labute approximate surface area is 195 Å². The average molecular weight is 499 g/mol. The van der Waals surface area contributed by atoms with Crippen molar-refractivity contribution in [2.45, 2.75) is 58.1 Å². The number of rotatable bonds is 6. The second kappa shape index (κ2) is 8.23. The van der Waals surface area contributed by atoms with Gasteiger partial charge in [-0.1, -0.05) is 20.8 Å². The molecule has 4 rings (SSSR count). The number of aromatic nitrogens is 2. The fourth-order valence-electron chi connectivity index (χ4n) is 3.96. The molecule has 0 atom stereocenters. The summed E-state index contributed by atoms with van der Waals surface area (Å²) in [4.78, 5) is 3.41. The van der Waals surface area contributed by atoms with E-state index in [0.29, 0.717) is 35.9 Å². The van der Waals surface area contributed by atoms with Gasteiger partial charge < -0.3 is 10.3 Å². The molecule has 3 aromatic rings. The van der Waals surface area contributed by atoms with E-state index in [0.717, 1.165) is 12.1 Å². The van der Waals surface area contributed by atoms with E-state index in [1.54, 1.807) is 6.20 Å². The number of sulfonamides is 1. The van der Waals surface area contributed by atoms with Crippen molar-refractivity contribution in [3.63, 3.8) is 0 Å². The molecule has 0 saturated heterocycles. The van der Waals surface area contributed by atoms with Crippen LogP contribution in [0.1, 0.15) is 44.9 Å². The Balaban J connectivity index is 1.86. The Morgan fingerprint density at radius 1 is 1.15 bits per heavy atom. The lowest BCUT2D eigenvalue weighted by Crippen LogP contribution is -2.26. The van der Waals surface area contributed by atoms with Crippen molar-refractivity contribution >= 4 is 26.7 Å². The lowest BCUT2D eigenvalue weighted by Gasteiger charge is -2.20. The first-order chi connectivity index (χ1) is 15.7. The first-order valence-corrected chi connectivity index (χ1v) is 12.3. The normalized spacial score (nSPS) is 15.3. The van der Waals surface area contributed by atoms with E-state index in [1.807, 2.05) is 25.3 Å². The number of nitrogen functional groups attached to an aromatic ring is 1. The summed E-state index contributed by atoms with van der Waals surface area (Å²) in [5.41, 5.74) is 4.35. The van der Waals surface area contributed by atoms with Crippen LogP contribution in [0.3, 0.4) is 0 Å². The molecule has 1 aromatic carbocycles.